The molecule has 18 heavy (non-hydrogen) atoms. The molecule has 0 saturated carbocycles. The summed E-state index contributed by atoms with van der Waals surface area (Å²) in [6.07, 6.45) is 5.71. The van der Waals surface area contributed by atoms with Crippen molar-refractivity contribution in [3.8, 4) is 0 Å². The molecular formula is C16H22O2. The van der Waals surface area contributed by atoms with Gasteiger partial charge in [0.15, 0.2) is 0 Å². The quantitative estimate of drug-likeness (QED) is 0.757. The van der Waals surface area contributed by atoms with Crippen LogP contribution in [0.3, 0.4) is 0 Å². The van der Waals surface area contributed by atoms with E-state index in [0.717, 1.165) is 19.3 Å². The van der Waals surface area contributed by atoms with E-state index in [1.54, 1.807) is 0 Å². The molecule has 1 aromatic rings. The number of carbonyl (C=O) groups excluding carboxylic acids is 1. The number of unbranched alkanes of at least 4 members (excludes halogenated alkanes) is 1. The molecule has 2 rings (SSSR count). The van der Waals surface area contributed by atoms with Crippen LogP contribution in [-0.4, -0.2) is 13.1 Å². The van der Waals surface area contributed by atoms with Crippen molar-refractivity contribution in [3.05, 3.63) is 35.4 Å². The molecule has 0 fully saturated rings. The van der Waals surface area contributed by atoms with Crippen LogP contribution >= 0.6 is 0 Å². The zero-order valence-corrected chi connectivity index (χ0v) is 11.3. The highest BCUT2D eigenvalue weighted by Gasteiger charge is 2.34. The molecular weight excluding hydrogens is 224 g/mol. The van der Waals surface area contributed by atoms with E-state index < -0.39 is 0 Å². The van der Waals surface area contributed by atoms with Crippen molar-refractivity contribution in [1.29, 1.82) is 0 Å². The van der Waals surface area contributed by atoms with Gasteiger partial charge in [0, 0.05) is 0 Å². The number of hydrogen-bond donors (Lipinski definition) is 0. The van der Waals surface area contributed by atoms with Gasteiger partial charge in [0.1, 0.15) is 0 Å². The Morgan fingerprint density at radius 2 is 2.17 bits per heavy atom. The Bertz CT molecular complexity index is 411. The topological polar surface area (TPSA) is 26.3 Å². The summed E-state index contributed by atoms with van der Waals surface area (Å²) >= 11 is 0. The van der Waals surface area contributed by atoms with Gasteiger partial charge in [-0.3, -0.25) is 4.79 Å². The van der Waals surface area contributed by atoms with Crippen LogP contribution in [-0.2, 0) is 16.0 Å². The molecule has 0 N–H and O–H groups in total. The van der Waals surface area contributed by atoms with Crippen molar-refractivity contribution in [2.75, 3.05) is 7.11 Å². The van der Waals surface area contributed by atoms with Gasteiger partial charge in [-0.2, -0.15) is 0 Å². The highest BCUT2D eigenvalue weighted by Crippen LogP contribution is 2.39. The van der Waals surface area contributed by atoms with Crippen LogP contribution in [0, 0.1) is 5.92 Å². The van der Waals surface area contributed by atoms with Gasteiger partial charge in [0.25, 0.3) is 0 Å². The second kappa shape index (κ2) is 6.03. The molecule has 0 bridgehead atoms. The number of fused-ring (bicyclic) bond motifs is 1. The van der Waals surface area contributed by atoms with Crippen LogP contribution in [0.4, 0.5) is 0 Å². The smallest absolute Gasteiger partial charge is 0.313 e. The molecule has 0 spiro atoms. The molecule has 0 aliphatic heterocycles. The predicted octanol–water partition coefficient (Wildman–Crippen LogP) is 3.70. The van der Waals surface area contributed by atoms with E-state index >= 15 is 0 Å². The van der Waals surface area contributed by atoms with Crippen LogP contribution in [0.1, 0.15) is 49.7 Å². The first-order valence-corrected chi connectivity index (χ1v) is 6.93. The van der Waals surface area contributed by atoms with Crippen LogP contribution in [0.5, 0.6) is 0 Å². The second-order valence-electron chi connectivity index (χ2n) is 5.14. The lowest BCUT2D eigenvalue weighted by Crippen LogP contribution is -2.28. The van der Waals surface area contributed by atoms with Crippen molar-refractivity contribution >= 4 is 5.97 Å². The van der Waals surface area contributed by atoms with Crippen LogP contribution in [0.25, 0.3) is 0 Å². The van der Waals surface area contributed by atoms with Crippen molar-refractivity contribution < 1.29 is 9.53 Å². The van der Waals surface area contributed by atoms with Crippen LogP contribution in [0.2, 0.25) is 0 Å². The van der Waals surface area contributed by atoms with Gasteiger partial charge >= 0.3 is 5.97 Å². The number of esters is 1. The van der Waals surface area contributed by atoms with E-state index in [0.29, 0.717) is 5.92 Å². The molecule has 0 radical (unpaired) electrons. The number of hydrogen-bond acceptors (Lipinski definition) is 2. The van der Waals surface area contributed by atoms with Crippen LogP contribution in [0.15, 0.2) is 24.3 Å². The van der Waals surface area contributed by atoms with Gasteiger partial charge in [-0.15, -0.1) is 0 Å². The van der Waals surface area contributed by atoms with Crippen LogP contribution < -0.4 is 0 Å². The maximum atomic E-state index is 12.1. The molecule has 0 amide bonds. The summed E-state index contributed by atoms with van der Waals surface area (Å²) < 4.78 is 5.02. The number of methoxy groups -OCH3 is 1. The maximum absolute atomic E-state index is 12.1. The molecule has 2 heteroatoms. The molecule has 1 aromatic carbocycles. The largest absolute Gasteiger partial charge is 0.469 e. The minimum atomic E-state index is -0.0664. The van der Waals surface area contributed by atoms with Gasteiger partial charge < -0.3 is 4.74 Å². The summed E-state index contributed by atoms with van der Waals surface area (Å²) in [5.74, 6) is 0.335. The molecule has 0 unspecified atom stereocenters. The van der Waals surface area contributed by atoms with Crippen molar-refractivity contribution in [2.24, 2.45) is 5.92 Å². The zero-order chi connectivity index (χ0) is 13.0. The third kappa shape index (κ3) is 2.58. The number of carbonyl (C=O) groups is 1. The average molecular weight is 246 g/mol. The SMILES string of the molecule is CCCC[C@H]1CCc2ccccc2[C@@H]1C(=O)OC. The number of rotatable bonds is 4. The fourth-order valence-corrected chi connectivity index (χ4v) is 3.05. The molecule has 0 saturated heterocycles. The van der Waals surface area contributed by atoms with E-state index in [-0.39, 0.29) is 11.9 Å². The van der Waals surface area contributed by atoms with E-state index in [1.807, 2.05) is 6.07 Å². The molecule has 98 valence electrons. The van der Waals surface area contributed by atoms with Gasteiger partial charge in [-0.25, -0.2) is 0 Å². The van der Waals surface area contributed by atoms with E-state index in [2.05, 4.69) is 25.1 Å². The minimum absolute atomic E-state index is 0.0495. The summed E-state index contributed by atoms with van der Waals surface area (Å²) in [4.78, 5) is 12.1. The standard InChI is InChI=1S/C16H22O2/c1-3-4-7-13-11-10-12-8-5-6-9-14(12)15(13)16(17)18-2/h5-6,8-9,13,15H,3-4,7,10-11H2,1-2H3/t13-,15+/m0/s1. The average Bonchev–Trinajstić information content (AvgIpc) is 2.43. The summed E-state index contributed by atoms with van der Waals surface area (Å²) in [5.41, 5.74) is 2.51. The molecule has 1 aliphatic carbocycles. The Balaban J connectivity index is 2.27. The molecule has 2 nitrogen and oxygen atoms in total. The highest BCUT2D eigenvalue weighted by molar-refractivity contribution is 5.79. The lowest BCUT2D eigenvalue weighted by atomic mass is 9.73. The predicted molar refractivity (Wildman–Crippen MR) is 72.5 cm³/mol. The summed E-state index contributed by atoms with van der Waals surface area (Å²) in [6, 6.07) is 8.31. The molecule has 0 aromatic heterocycles. The van der Waals surface area contributed by atoms with Crippen molar-refractivity contribution in [3.63, 3.8) is 0 Å². The Morgan fingerprint density at radius 1 is 1.39 bits per heavy atom. The first-order chi connectivity index (χ1) is 8.77. The lowest BCUT2D eigenvalue weighted by molar-refractivity contribution is -0.144. The maximum Gasteiger partial charge on any atom is 0.313 e. The Hall–Kier alpha value is -1.31. The zero-order valence-electron chi connectivity index (χ0n) is 11.3. The molecule has 1 aliphatic rings. The third-order valence-corrected chi connectivity index (χ3v) is 4.03. The minimum Gasteiger partial charge on any atom is -0.469 e. The monoisotopic (exact) mass is 246 g/mol. The van der Waals surface area contributed by atoms with E-state index in [1.165, 1.54) is 31.1 Å². The van der Waals surface area contributed by atoms with Crippen molar-refractivity contribution in [2.45, 2.75) is 44.9 Å². The first kappa shape index (κ1) is 13.1. The summed E-state index contributed by atoms with van der Waals surface area (Å²) in [6.45, 7) is 2.20. The van der Waals surface area contributed by atoms with Gasteiger partial charge in [-0.05, 0) is 36.3 Å². The van der Waals surface area contributed by atoms with E-state index in [4.69, 9.17) is 4.74 Å². The number of benzene rings is 1. The first-order valence-electron chi connectivity index (χ1n) is 6.93. The van der Waals surface area contributed by atoms with Crippen molar-refractivity contribution in [1.82, 2.24) is 0 Å². The molecule has 2 atom stereocenters. The number of aryl methyl sites for hydroxylation is 1. The Morgan fingerprint density at radius 3 is 2.89 bits per heavy atom. The second-order valence-corrected chi connectivity index (χ2v) is 5.14. The third-order valence-electron chi connectivity index (χ3n) is 4.03. The summed E-state index contributed by atoms with van der Waals surface area (Å²) in [7, 11) is 1.50. The summed E-state index contributed by atoms with van der Waals surface area (Å²) in [5, 5.41) is 0. The Kier molecular flexibility index (Phi) is 4.40. The highest BCUT2D eigenvalue weighted by atomic mass is 16.5. The fourth-order valence-electron chi connectivity index (χ4n) is 3.05. The van der Waals surface area contributed by atoms with Gasteiger partial charge in [0.05, 0.1) is 13.0 Å². The van der Waals surface area contributed by atoms with Gasteiger partial charge in [-0.1, -0.05) is 44.0 Å². The van der Waals surface area contributed by atoms with E-state index in [9.17, 15) is 4.79 Å². The van der Waals surface area contributed by atoms with Gasteiger partial charge in [0.2, 0.25) is 0 Å². The normalized spacial score (nSPS) is 22.3. The Labute approximate surface area is 109 Å². The lowest BCUT2D eigenvalue weighted by Gasteiger charge is -2.31. The molecule has 0 heterocycles. The number of ether oxygens (including phenoxy) is 1. The fraction of sp³-hybridized carbons (Fsp3) is 0.562.